The van der Waals surface area contributed by atoms with E-state index in [1.54, 1.807) is 13.8 Å². The summed E-state index contributed by atoms with van der Waals surface area (Å²) < 4.78 is 5.27. The van der Waals surface area contributed by atoms with E-state index in [1.165, 1.54) is 0 Å². The molecule has 2 N–H and O–H groups in total. The number of alkyl halides is 1. The van der Waals surface area contributed by atoms with Gasteiger partial charge in [0.2, 0.25) is 5.78 Å². The maximum atomic E-state index is 12.6. The summed E-state index contributed by atoms with van der Waals surface area (Å²) in [6, 6.07) is 0. The van der Waals surface area contributed by atoms with Crippen molar-refractivity contribution in [3.8, 4) is 11.5 Å². The number of phenols is 2. The molecular weight excluding hydrogens is 399 g/mol. The van der Waals surface area contributed by atoms with E-state index in [0.29, 0.717) is 0 Å². The number of Topliss-reactive ketones (excluding diaryl/α,β-unsaturated/α-hetero) is 2. The second-order valence-electron chi connectivity index (χ2n) is 4.53. The van der Waals surface area contributed by atoms with Crippen molar-refractivity contribution in [2.45, 2.75) is 18.7 Å². The van der Waals surface area contributed by atoms with Crippen molar-refractivity contribution in [1.29, 1.82) is 0 Å². The third kappa shape index (κ3) is 2.39. The Morgan fingerprint density at radius 1 is 1.09 bits per heavy atom. The van der Waals surface area contributed by atoms with Gasteiger partial charge < -0.3 is 14.9 Å². The van der Waals surface area contributed by atoms with Crippen LogP contribution in [0.15, 0.2) is 11.3 Å². The van der Waals surface area contributed by atoms with Crippen molar-refractivity contribution in [2.24, 2.45) is 0 Å². The molecule has 0 amide bonds. The number of fused-ring (bicyclic) bond motifs is 1. The lowest BCUT2D eigenvalue weighted by Crippen LogP contribution is -2.27. The number of hydrogen-bond donors (Lipinski definition) is 2. The lowest BCUT2D eigenvalue weighted by atomic mass is 9.85. The molecule has 0 fully saturated rings. The van der Waals surface area contributed by atoms with Gasteiger partial charge in [0, 0.05) is 4.83 Å². The molecule has 0 saturated carbocycles. The molecule has 1 aliphatic rings. The molecule has 22 heavy (non-hydrogen) atoms. The number of allylic oxidation sites excluding steroid dienone is 2. The van der Waals surface area contributed by atoms with Crippen LogP contribution in [0.3, 0.4) is 0 Å². The molecule has 1 aliphatic carbocycles. The molecule has 2 rings (SSSR count). The van der Waals surface area contributed by atoms with E-state index in [1.807, 2.05) is 0 Å². The zero-order chi connectivity index (χ0) is 16.8. The summed E-state index contributed by atoms with van der Waals surface area (Å²) in [4.78, 5) is 24.7. The second kappa shape index (κ2) is 6.10. The number of rotatable bonds is 3. The number of phenolic OH excluding ortho intramolecular Hbond substituents is 2. The van der Waals surface area contributed by atoms with Crippen LogP contribution in [0.2, 0.25) is 10.0 Å². The normalized spacial score (nSPS) is 15.9. The zero-order valence-corrected chi connectivity index (χ0v) is 14.6. The minimum Gasteiger partial charge on any atom is -0.506 e. The highest BCUT2D eigenvalue weighted by molar-refractivity contribution is 9.09. The molecule has 1 unspecified atom stereocenters. The monoisotopic (exact) mass is 408 g/mol. The van der Waals surface area contributed by atoms with Crippen LogP contribution in [0.5, 0.6) is 11.5 Å². The first-order valence-corrected chi connectivity index (χ1v) is 7.94. The van der Waals surface area contributed by atoms with Gasteiger partial charge in [0.1, 0.15) is 21.5 Å². The van der Waals surface area contributed by atoms with Gasteiger partial charge in [-0.05, 0) is 13.8 Å². The third-order valence-corrected chi connectivity index (χ3v) is 4.46. The van der Waals surface area contributed by atoms with Gasteiger partial charge in [-0.1, -0.05) is 39.1 Å². The number of halogens is 3. The van der Waals surface area contributed by atoms with Gasteiger partial charge in [-0.2, -0.15) is 0 Å². The number of carbonyl (C=O) groups excluding carboxylic acids is 2. The van der Waals surface area contributed by atoms with Gasteiger partial charge in [-0.25, -0.2) is 0 Å². The van der Waals surface area contributed by atoms with E-state index in [0.717, 1.165) is 0 Å². The van der Waals surface area contributed by atoms with Gasteiger partial charge >= 0.3 is 0 Å². The summed E-state index contributed by atoms with van der Waals surface area (Å²) in [6.45, 7) is 3.45. The molecule has 0 radical (unpaired) electrons. The van der Waals surface area contributed by atoms with Crippen molar-refractivity contribution >= 4 is 50.7 Å². The smallest absolute Gasteiger partial charge is 0.232 e. The molecule has 1 aromatic rings. The third-order valence-electron chi connectivity index (χ3n) is 3.17. The first kappa shape index (κ1) is 17.1. The van der Waals surface area contributed by atoms with Crippen molar-refractivity contribution in [3.63, 3.8) is 0 Å². The molecule has 0 bridgehead atoms. The van der Waals surface area contributed by atoms with Crippen LogP contribution < -0.4 is 0 Å². The highest BCUT2D eigenvalue weighted by Crippen LogP contribution is 2.48. The Morgan fingerprint density at radius 3 is 1.95 bits per heavy atom. The Balaban J connectivity index is 2.87. The van der Waals surface area contributed by atoms with Crippen molar-refractivity contribution in [1.82, 2.24) is 0 Å². The molecule has 0 spiro atoms. The fourth-order valence-electron chi connectivity index (χ4n) is 2.23. The maximum Gasteiger partial charge on any atom is 0.232 e. The predicted octanol–water partition coefficient (Wildman–Crippen LogP) is 3.86. The van der Waals surface area contributed by atoms with E-state index in [4.69, 9.17) is 27.9 Å². The molecule has 5 nitrogen and oxygen atoms in total. The van der Waals surface area contributed by atoms with Gasteiger partial charge in [-0.15, -0.1) is 0 Å². The SMILES string of the molecule is CCOC1=C(C(C)Br)C(=O)c2c(O)c(Cl)c(Cl)c(O)c2C1=O. The first-order chi connectivity index (χ1) is 10.2. The van der Waals surface area contributed by atoms with Gasteiger partial charge in [0.25, 0.3) is 0 Å². The van der Waals surface area contributed by atoms with E-state index in [2.05, 4.69) is 15.9 Å². The number of carbonyl (C=O) groups is 2. The molecule has 0 saturated heterocycles. The van der Waals surface area contributed by atoms with Crippen LogP contribution in [-0.2, 0) is 4.74 Å². The number of aromatic hydroxyl groups is 2. The number of benzene rings is 1. The van der Waals surface area contributed by atoms with E-state index < -0.39 is 38.5 Å². The molecule has 0 aliphatic heterocycles. The summed E-state index contributed by atoms with van der Waals surface area (Å²) in [6.07, 6.45) is 0. The van der Waals surface area contributed by atoms with Crippen LogP contribution >= 0.6 is 39.1 Å². The highest BCUT2D eigenvalue weighted by atomic mass is 79.9. The Bertz CT molecular complexity index is 725. The maximum absolute atomic E-state index is 12.6. The van der Waals surface area contributed by atoms with Gasteiger partial charge in [0.05, 0.1) is 23.3 Å². The van der Waals surface area contributed by atoms with Crippen molar-refractivity contribution < 1.29 is 24.5 Å². The van der Waals surface area contributed by atoms with Gasteiger partial charge in [-0.3, -0.25) is 9.59 Å². The minimum absolute atomic E-state index is 0.0486. The number of hydrogen-bond acceptors (Lipinski definition) is 5. The van der Waals surface area contributed by atoms with E-state index in [9.17, 15) is 19.8 Å². The topological polar surface area (TPSA) is 83.8 Å². The number of ketones is 2. The molecule has 0 heterocycles. The number of ether oxygens (including phenoxy) is 1. The summed E-state index contributed by atoms with van der Waals surface area (Å²) in [5, 5.41) is 19.3. The summed E-state index contributed by atoms with van der Waals surface area (Å²) in [7, 11) is 0. The van der Waals surface area contributed by atoms with Crippen LogP contribution in [0.25, 0.3) is 0 Å². The molecule has 1 aromatic carbocycles. The average molecular weight is 410 g/mol. The van der Waals surface area contributed by atoms with Crippen LogP contribution in [-0.4, -0.2) is 33.2 Å². The van der Waals surface area contributed by atoms with E-state index >= 15 is 0 Å². The standard InChI is InChI=1S/C14H11BrCl2O5/c1-3-22-14-5(4(2)15)10(18)6-7(13(14)21)12(20)9(17)8(16)11(6)19/h4,19-20H,3H2,1-2H3. The van der Waals surface area contributed by atoms with Crippen LogP contribution in [0, 0.1) is 0 Å². The Morgan fingerprint density at radius 2 is 1.55 bits per heavy atom. The summed E-state index contributed by atoms with van der Waals surface area (Å²) in [5.74, 6) is -2.87. The Labute approximate surface area is 144 Å². The van der Waals surface area contributed by atoms with E-state index in [-0.39, 0.29) is 28.5 Å². The first-order valence-electron chi connectivity index (χ1n) is 6.27. The lowest BCUT2D eigenvalue weighted by molar-refractivity contribution is 0.0874. The molecular formula is C14H11BrCl2O5. The summed E-state index contributed by atoms with van der Waals surface area (Å²) >= 11 is 14.8. The van der Waals surface area contributed by atoms with Crippen LogP contribution in [0.4, 0.5) is 0 Å². The Hall–Kier alpha value is -1.24. The average Bonchev–Trinajstić information content (AvgIpc) is 2.45. The van der Waals surface area contributed by atoms with Crippen molar-refractivity contribution in [2.75, 3.05) is 6.61 Å². The van der Waals surface area contributed by atoms with Gasteiger partial charge in [0.15, 0.2) is 11.5 Å². The molecule has 118 valence electrons. The molecule has 1 atom stereocenters. The second-order valence-corrected chi connectivity index (χ2v) is 6.65. The fourth-order valence-corrected chi connectivity index (χ4v) is 3.01. The highest BCUT2D eigenvalue weighted by Gasteiger charge is 2.41. The zero-order valence-electron chi connectivity index (χ0n) is 11.5. The minimum atomic E-state index is -0.732. The quantitative estimate of drug-likeness (QED) is 0.584. The van der Waals surface area contributed by atoms with Crippen LogP contribution in [0.1, 0.15) is 34.6 Å². The predicted molar refractivity (Wildman–Crippen MR) is 85.5 cm³/mol. The Kier molecular flexibility index (Phi) is 4.75. The lowest BCUT2D eigenvalue weighted by Gasteiger charge is -2.24. The van der Waals surface area contributed by atoms with Crippen molar-refractivity contribution in [3.05, 3.63) is 32.5 Å². The largest absolute Gasteiger partial charge is 0.506 e. The summed E-state index contributed by atoms with van der Waals surface area (Å²) in [5.41, 5.74) is -0.730. The fraction of sp³-hybridized carbons (Fsp3) is 0.286. The molecule has 8 heteroatoms. The molecule has 0 aromatic heterocycles.